The highest BCUT2D eigenvalue weighted by Gasteiger charge is 2.37. The van der Waals surface area contributed by atoms with Crippen molar-refractivity contribution in [3.8, 4) is 0 Å². The zero-order chi connectivity index (χ0) is 25.7. The molecule has 0 radical (unpaired) electrons. The van der Waals surface area contributed by atoms with E-state index in [0.717, 1.165) is 16.9 Å². The molecule has 9 heteroatoms. The Hall–Kier alpha value is -4.40. The number of amides is 2. The van der Waals surface area contributed by atoms with Gasteiger partial charge in [-0.25, -0.2) is 9.78 Å². The van der Waals surface area contributed by atoms with Gasteiger partial charge in [-0.15, -0.1) is 0 Å². The molecule has 0 aliphatic carbocycles. The number of nitrogens with one attached hydrogen (secondary N) is 3. The summed E-state index contributed by atoms with van der Waals surface area (Å²) in [5.74, 6) is 0.935. The van der Waals surface area contributed by atoms with E-state index in [0.29, 0.717) is 24.1 Å². The first-order valence-corrected chi connectivity index (χ1v) is 11.8. The smallest absolute Gasteiger partial charge is 0.415 e. The minimum absolute atomic E-state index is 0.0586. The van der Waals surface area contributed by atoms with Gasteiger partial charge in [0.2, 0.25) is 11.9 Å². The fourth-order valence-corrected chi connectivity index (χ4v) is 3.91. The number of cyclic esters (lactones) is 1. The van der Waals surface area contributed by atoms with E-state index in [9.17, 15) is 9.59 Å². The summed E-state index contributed by atoms with van der Waals surface area (Å²) in [6.07, 6.45) is 2.49. The summed E-state index contributed by atoms with van der Waals surface area (Å²) in [6, 6.07) is 17.0. The van der Waals surface area contributed by atoms with Gasteiger partial charge in [-0.2, -0.15) is 4.98 Å². The maximum Gasteiger partial charge on any atom is 0.415 e. The Kier molecular flexibility index (Phi) is 7.48. The van der Waals surface area contributed by atoms with E-state index in [-0.39, 0.29) is 30.0 Å². The van der Waals surface area contributed by atoms with Crippen LogP contribution in [0.25, 0.3) is 0 Å². The number of carbonyl (C=O) groups excluding carboxylic acids is 2. The molecule has 2 aromatic carbocycles. The molecule has 4 rings (SSSR count). The lowest BCUT2D eigenvalue weighted by Crippen LogP contribution is -2.37. The number of carbonyl (C=O) groups is 2. The molecule has 3 N–H and O–H groups in total. The van der Waals surface area contributed by atoms with Crippen molar-refractivity contribution in [1.29, 1.82) is 0 Å². The summed E-state index contributed by atoms with van der Waals surface area (Å²) in [5.41, 5.74) is 3.48. The van der Waals surface area contributed by atoms with Crippen molar-refractivity contribution in [2.24, 2.45) is 5.92 Å². The molecule has 36 heavy (non-hydrogen) atoms. The van der Waals surface area contributed by atoms with Crippen LogP contribution in [-0.2, 0) is 9.53 Å². The Labute approximate surface area is 210 Å². The van der Waals surface area contributed by atoms with Crippen LogP contribution in [0.5, 0.6) is 0 Å². The first-order valence-electron chi connectivity index (χ1n) is 11.8. The van der Waals surface area contributed by atoms with Gasteiger partial charge < -0.3 is 20.7 Å². The van der Waals surface area contributed by atoms with E-state index in [1.54, 1.807) is 17.2 Å². The Balaban J connectivity index is 1.41. The Morgan fingerprint density at radius 2 is 1.86 bits per heavy atom. The highest BCUT2D eigenvalue weighted by atomic mass is 16.6. The number of hydrogen-bond acceptors (Lipinski definition) is 7. The lowest BCUT2D eigenvalue weighted by molar-refractivity contribution is -0.111. The quantitative estimate of drug-likeness (QED) is 0.343. The fourth-order valence-electron chi connectivity index (χ4n) is 3.91. The molecule has 2 amide bonds. The van der Waals surface area contributed by atoms with E-state index in [1.165, 1.54) is 6.08 Å². The highest BCUT2D eigenvalue weighted by molar-refractivity contribution is 5.99. The summed E-state index contributed by atoms with van der Waals surface area (Å²) >= 11 is 0. The number of hydrogen-bond donors (Lipinski definition) is 3. The van der Waals surface area contributed by atoms with Gasteiger partial charge in [0, 0.05) is 23.3 Å². The van der Waals surface area contributed by atoms with Crippen LogP contribution < -0.4 is 20.9 Å². The zero-order valence-corrected chi connectivity index (χ0v) is 20.6. The maximum absolute atomic E-state index is 12.3. The van der Waals surface area contributed by atoms with Gasteiger partial charge in [-0.3, -0.25) is 9.69 Å². The van der Waals surface area contributed by atoms with Crippen molar-refractivity contribution in [2.75, 3.05) is 27.5 Å². The number of aromatic nitrogens is 2. The number of benzene rings is 2. The average Bonchev–Trinajstić information content (AvgIpc) is 3.26. The van der Waals surface area contributed by atoms with Crippen LogP contribution in [0, 0.1) is 5.92 Å². The Bertz CT molecular complexity index is 1240. The van der Waals surface area contributed by atoms with E-state index in [4.69, 9.17) is 4.74 Å². The highest BCUT2D eigenvalue weighted by Crippen LogP contribution is 2.27. The van der Waals surface area contributed by atoms with Crippen molar-refractivity contribution in [3.05, 3.63) is 79.0 Å². The van der Waals surface area contributed by atoms with Gasteiger partial charge in [0.25, 0.3) is 0 Å². The van der Waals surface area contributed by atoms with Gasteiger partial charge in [-0.05, 0) is 60.9 Å². The van der Waals surface area contributed by atoms with E-state index in [2.05, 4.69) is 46.3 Å². The monoisotopic (exact) mass is 486 g/mol. The standard InChI is InChI=1S/C27H30N6O3/c1-5-25(34)31-22-8-6-7-21(15-22)30-20-11-9-19(10-12-20)18(4)29-26-28-14-13-24(32-26)33-23(17(2)3)16-36-27(33)35/h5-15,17-18,23,30H,1,16H2,2-4H3,(H,31,34)(H,28,29,32)/t18-,23?/m0/s1. The second-order valence-electron chi connectivity index (χ2n) is 8.88. The molecule has 2 atom stereocenters. The third-order valence-electron chi connectivity index (χ3n) is 5.92. The molecule has 3 aromatic rings. The summed E-state index contributed by atoms with van der Waals surface area (Å²) in [4.78, 5) is 34.3. The van der Waals surface area contributed by atoms with Gasteiger partial charge in [0.05, 0.1) is 12.1 Å². The minimum atomic E-state index is -0.386. The molecule has 1 fully saturated rings. The van der Waals surface area contributed by atoms with Crippen molar-refractivity contribution in [1.82, 2.24) is 9.97 Å². The molecule has 2 heterocycles. The topological polar surface area (TPSA) is 108 Å². The third-order valence-corrected chi connectivity index (χ3v) is 5.92. The van der Waals surface area contributed by atoms with Crippen LogP contribution in [-0.4, -0.2) is 34.6 Å². The molecule has 0 bridgehead atoms. The summed E-state index contributed by atoms with van der Waals surface area (Å²) < 4.78 is 5.24. The minimum Gasteiger partial charge on any atom is -0.447 e. The Morgan fingerprint density at radius 1 is 1.11 bits per heavy atom. The number of anilines is 5. The average molecular weight is 487 g/mol. The number of rotatable bonds is 9. The lowest BCUT2D eigenvalue weighted by atomic mass is 10.0. The molecular formula is C27H30N6O3. The molecule has 0 spiro atoms. The normalized spacial score (nSPS) is 15.8. The predicted octanol–water partition coefficient (Wildman–Crippen LogP) is 5.50. The molecule has 1 aliphatic rings. The molecule has 1 aromatic heterocycles. The molecule has 1 saturated heterocycles. The predicted molar refractivity (Wildman–Crippen MR) is 142 cm³/mol. The van der Waals surface area contributed by atoms with Crippen molar-refractivity contribution < 1.29 is 14.3 Å². The largest absolute Gasteiger partial charge is 0.447 e. The van der Waals surface area contributed by atoms with Crippen LogP contribution in [0.4, 0.5) is 33.6 Å². The Morgan fingerprint density at radius 3 is 2.58 bits per heavy atom. The van der Waals surface area contributed by atoms with E-state index < -0.39 is 0 Å². The second kappa shape index (κ2) is 10.9. The lowest BCUT2D eigenvalue weighted by Gasteiger charge is -2.23. The molecule has 0 saturated carbocycles. The van der Waals surface area contributed by atoms with Gasteiger partial charge >= 0.3 is 6.09 Å². The fraction of sp³-hybridized carbons (Fsp3) is 0.259. The van der Waals surface area contributed by atoms with Crippen molar-refractivity contribution in [2.45, 2.75) is 32.9 Å². The summed E-state index contributed by atoms with van der Waals surface area (Å²) in [5, 5.41) is 9.40. The van der Waals surface area contributed by atoms with Crippen LogP contribution in [0.1, 0.15) is 32.4 Å². The summed E-state index contributed by atoms with van der Waals surface area (Å²) in [6.45, 7) is 9.95. The zero-order valence-electron chi connectivity index (χ0n) is 20.6. The van der Waals surface area contributed by atoms with Crippen LogP contribution >= 0.6 is 0 Å². The van der Waals surface area contributed by atoms with Crippen LogP contribution in [0.3, 0.4) is 0 Å². The molecule has 186 valence electrons. The van der Waals surface area contributed by atoms with Crippen molar-refractivity contribution in [3.63, 3.8) is 0 Å². The van der Waals surface area contributed by atoms with Crippen molar-refractivity contribution >= 4 is 40.8 Å². The SMILES string of the molecule is C=CC(=O)Nc1cccc(Nc2ccc([C@H](C)Nc3nccc(N4C(=O)OCC4C(C)C)n3)cc2)c1. The van der Waals surface area contributed by atoms with Gasteiger partial charge in [0.15, 0.2) is 0 Å². The van der Waals surface area contributed by atoms with E-state index in [1.807, 2.05) is 55.5 Å². The first kappa shape index (κ1) is 24.7. The van der Waals surface area contributed by atoms with Crippen LogP contribution in [0.2, 0.25) is 0 Å². The van der Waals surface area contributed by atoms with Gasteiger partial charge in [0.1, 0.15) is 12.4 Å². The molecule has 1 unspecified atom stereocenters. The summed E-state index contributed by atoms with van der Waals surface area (Å²) in [7, 11) is 0. The third kappa shape index (κ3) is 5.80. The molecule has 9 nitrogen and oxygen atoms in total. The molecular weight excluding hydrogens is 456 g/mol. The number of nitrogens with zero attached hydrogens (tertiary/aromatic N) is 3. The van der Waals surface area contributed by atoms with Gasteiger partial charge in [-0.1, -0.05) is 38.6 Å². The maximum atomic E-state index is 12.3. The first-order chi connectivity index (χ1) is 17.3. The van der Waals surface area contributed by atoms with Crippen LogP contribution in [0.15, 0.2) is 73.4 Å². The van der Waals surface area contributed by atoms with E-state index >= 15 is 0 Å². The molecule has 1 aliphatic heterocycles. The second-order valence-corrected chi connectivity index (χ2v) is 8.88. The number of ether oxygens (including phenoxy) is 1.